The molecule has 0 atom stereocenters. The Bertz CT molecular complexity index is 1050. The van der Waals surface area contributed by atoms with E-state index in [1.165, 1.54) is 45.4 Å². The van der Waals surface area contributed by atoms with Crippen LogP contribution in [0, 0.1) is 0 Å². The van der Waals surface area contributed by atoms with Crippen molar-refractivity contribution < 1.29 is 30.6 Å². The van der Waals surface area contributed by atoms with E-state index < -0.39 is 0 Å². The number of fused-ring (bicyclic) bond motifs is 2. The van der Waals surface area contributed by atoms with Gasteiger partial charge in [-0.05, 0) is 74.4 Å². The van der Waals surface area contributed by atoms with Crippen LogP contribution in [0.4, 0.5) is 0 Å². The summed E-state index contributed by atoms with van der Waals surface area (Å²) in [6.45, 7) is 9.62. The summed E-state index contributed by atoms with van der Waals surface area (Å²) in [6.07, 6.45) is 6.26. The molecule has 28 heavy (non-hydrogen) atoms. The standard InChI is InChI=1S/C26H26O.Zr/c1-25(2)16-26(3,4)24-21(25)15-18-13-19(22-11-8-12-27-22)14-20(18)23(24)17-9-6-5-7-10-17;/h5-12,14-15H,13,16H2,1-4H3;. The average Bonchev–Trinajstić information content (AvgIpc) is 3.32. The summed E-state index contributed by atoms with van der Waals surface area (Å²) >= 11 is 0. The molecule has 0 radical (unpaired) electrons. The molecule has 0 aliphatic heterocycles. The van der Waals surface area contributed by atoms with Crippen LogP contribution in [0.5, 0.6) is 0 Å². The maximum Gasteiger partial charge on any atom is 0.130 e. The van der Waals surface area contributed by atoms with Gasteiger partial charge >= 0.3 is 0 Å². The van der Waals surface area contributed by atoms with Crippen molar-refractivity contribution in [2.45, 2.75) is 51.4 Å². The van der Waals surface area contributed by atoms with Crippen molar-refractivity contribution in [1.29, 1.82) is 0 Å². The number of furan rings is 1. The summed E-state index contributed by atoms with van der Waals surface area (Å²) < 4.78 is 5.71. The van der Waals surface area contributed by atoms with Gasteiger partial charge < -0.3 is 4.42 Å². The molecule has 140 valence electrons. The third-order valence-electron chi connectivity index (χ3n) is 6.34. The van der Waals surface area contributed by atoms with Gasteiger partial charge in [-0.3, -0.25) is 0 Å². The molecule has 0 saturated heterocycles. The van der Waals surface area contributed by atoms with E-state index in [1.54, 1.807) is 6.26 Å². The summed E-state index contributed by atoms with van der Waals surface area (Å²) in [5, 5.41) is 0. The zero-order valence-corrected chi connectivity index (χ0v) is 19.6. The first-order chi connectivity index (χ1) is 12.9. The van der Waals surface area contributed by atoms with Crippen molar-refractivity contribution in [2.75, 3.05) is 0 Å². The largest absolute Gasteiger partial charge is 0.465 e. The number of rotatable bonds is 2. The Morgan fingerprint density at radius 3 is 2.32 bits per heavy atom. The predicted molar refractivity (Wildman–Crippen MR) is 113 cm³/mol. The van der Waals surface area contributed by atoms with E-state index >= 15 is 0 Å². The molecule has 0 fully saturated rings. The van der Waals surface area contributed by atoms with Gasteiger partial charge in [-0.2, -0.15) is 0 Å². The van der Waals surface area contributed by atoms with Gasteiger partial charge in [0.25, 0.3) is 0 Å². The third-order valence-corrected chi connectivity index (χ3v) is 6.34. The third kappa shape index (κ3) is 2.92. The van der Waals surface area contributed by atoms with Gasteiger partial charge in [0.1, 0.15) is 5.76 Å². The SMILES string of the molecule is CC1(C)CC(C)(C)c2c1cc1c(c2-c2ccccc2)C=C(c2ccco2)C1.[Zr]. The van der Waals surface area contributed by atoms with E-state index in [4.69, 9.17) is 4.42 Å². The summed E-state index contributed by atoms with van der Waals surface area (Å²) in [6, 6.07) is 17.5. The van der Waals surface area contributed by atoms with Crippen LogP contribution in [0.1, 0.15) is 62.1 Å². The molecule has 0 bridgehead atoms. The molecule has 3 aromatic rings. The second-order valence-corrected chi connectivity index (χ2v) is 9.38. The van der Waals surface area contributed by atoms with Crippen LogP contribution >= 0.6 is 0 Å². The molecular formula is C26H26OZr. The van der Waals surface area contributed by atoms with E-state index in [-0.39, 0.29) is 37.0 Å². The Morgan fingerprint density at radius 1 is 0.893 bits per heavy atom. The van der Waals surface area contributed by atoms with Gasteiger partial charge in [-0.1, -0.05) is 64.1 Å². The number of allylic oxidation sites excluding steroid dienone is 1. The van der Waals surface area contributed by atoms with Gasteiger partial charge in [0.05, 0.1) is 6.26 Å². The van der Waals surface area contributed by atoms with Gasteiger partial charge in [-0.15, -0.1) is 0 Å². The van der Waals surface area contributed by atoms with Crippen LogP contribution in [-0.2, 0) is 43.5 Å². The average molecular weight is 446 g/mol. The predicted octanol–water partition coefficient (Wildman–Crippen LogP) is 7.00. The number of hydrogen-bond donors (Lipinski definition) is 0. The van der Waals surface area contributed by atoms with Gasteiger partial charge in [0, 0.05) is 32.6 Å². The molecule has 2 heteroatoms. The maximum atomic E-state index is 5.71. The zero-order chi connectivity index (χ0) is 18.8. The molecule has 0 unspecified atom stereocenters. The van der Waals surface area contributed by atoms with E-state index in [0.717, 1.165) is 12.2 Å². The second kappa shape index (κ2) is 6.70. The molecule has 5 rings (SSSR count). The fraction of sp³-hybridized carbons (Fsp3) is 0.308. The first-order valence-corrected chi connectivity index (χ1v) is 9.87. The van der Waals surface area contributed by atoms with E-state index in [9.17, 15) is 0 Å². The summed E-state index contributed by atoms with van der Waals surface area (Å²) in [4.78, 5) is 0. The van der Waals surface area contributed by atoms with Crippen LogP contribution in [0.15, 0.2) is 59.2 Å². The molecule has 1 heterocycles. The maximum absolute atomic E-state index is 5.71. The van der Waals surface area contributed by atoms with Crippen LogP contribution < -0.4 is 0 Å². The zero-order valence-electron chi connectivity index (χ0n) is 17.1. The van der Waals surface area contributed by atoms with Crippen molar-refractivity contribution in [3.63, 3.8) is 0 Å². The van der Waals surface area contributed by atoms with Crippen LogP contribution in [0.2, 0.25) is 0 Å². The van der Waals surface area contributed by atoms with Crippen LogP contribution in [0.3, 0.4) is 0 Å². The monoisotopic (exact) mass is 444 g/mol. The number of hydrogen-bond acceptors (Lipinski definition) is 1. The smallest absolute Gasteiger partial charge is 0.130 e. The summed E-state index contributed by atoms with van der Waals surface area (Å²) in [5.74, 6) is 0.990. The first kappa shape index (κ1) is 19.7. The molecule has 2 aliphatic rings. The second-order valence-electron chi connectivity index (χ2n) is 9.38. The van der Waals surface area contributed by atoms with Crippen molar-refractivity contribution in [2.24, 2.45) is 0 Å². The Morgan fingerprint density at radius 2 is 1.64 bits per heavy atom. The normalized spacial score (nSPS) is 18.2. The molecule has 2 aromatic carbocycles. The van der Waals surface area contributed by atoms with E-state index in [2.05, 4.69) is 76.2 Å². The van der Waals surface area contributed by atoms with Crippen molar-refractivity contribution in [3.8, 4) is 11.1 Å². The molecular weight excluding hydrogens is 420 g/mol. The van der Waals surface area contributed by atoms with Gasteiger partial charge in [0.2, 0.25) is 0 Å². The molecule has 1 nitrogen and oxygen atoms in total. The van der Waals surface area contributed by atoms with E-state index in [0.29, 0.717) is 0 Å². The quantitative estimate of drug-likeness (QED) is 0.414. The van der Waals surface area contributed by atoms with Gasteiger partial charge in [-0.25, -0.2) is 0 Å². The fourth-order valence-electron chi connectivity index (χ4n) is 5.54. The van der Waals surface area contributed by atoms with Crippen molar-refractivity contribution >= 4 is 11.6 Å². The first-order valence-electron chi connectivity index (χ1n) is 9.87. The minimum absolute atomic E-state index is 0. The summed E-state index contributed by atoms with van der Waals surface area (Å²) in [7, 11) is 0. The Labute approximate surface area is 187 Å². The minimum Gasteiger partial charge on any atom is -0.465 e. The Balaban J connectivity index is 0.00000192. The van der Waals surface area contributed by atoms with Gasteiger partial charge in [0.15, 0.2) is 0 Å². The molecule has 0 saturated carbocycles. The Hall–Kier alpha value is -1.66. The topological polar surface area (TPSA) is 13.1 Å². The minimum atomic E-state index is 0. The van der Waals surface area contributed by atoms with Crippen LogP contribution in [0.25, 0.3) is 22.8 Å². The summed E-state index contributed by atoms with van der Waals surface area (Å²) in [5.41, 5.74) is 10.3. The van der Waals surface area contributed by atoms with Crippen molar-refractivity contribution in [1.82, 2.24) is 0 Å². The Kier molecular flexibility index (Phi) is 4.70. The van der Waals surface area contributed by atoms with Crippen LogP contribution in [-0.4, -0.2) is 0 Å². The molecule has 2 aliphatic carbocycles. The fourth-order valence-corrected chi connectivity index (χ4v) is 5.54. The molecule has 0 amide bonds. The van der Waals surface area contributed by atoms with E-state index in [1.807, 2.05) is 6.07 Å². The molecule has 1 aromatic heterocycles. The number of benzene rings is 2. The molecule has 0 spiro atoms. The van der Waals surface area contributed by atoms with Crippen molar-refractivity contribution in [3.05, 3.63) is 82.8 Å². The molecule has 0 N–H and O–H groups in total.